The van der Waals surface area contributed by atoms with Crippen molar-refractivity contribution in [2.45, 2.75) is 40.5 Å². The van der Waals surface area contributed by atoms with Crippen molar-refractivity contribution in [3.63, 3.8) is 0 Å². The second-order valence-corrected chi connectivity index (χ2v) is 8.48. The first-order valence-corrected chi connectivity index (χ1v) is 8.87. The number of aromatic amines is 1. The predicted molar refractivity (Wildman–Crippen MR) is 99.7 cm³/mol. The highest BCUT2D eigenvalue weighted by Crippen LogP contribution is 2.30. The second-order valence-electron chi connectivity index (χ2n) is 7.67. The normalized spacial score (nSPS) is 13.6. The molecule has 0 radical (unpaired) electrons. The smallest absolute Gasteiger partial charge is 0.196 e. The van der Waals surface area contributed by atoms with E-state index < -0.39 is 0 Å². The van der Waals surface area contributed by atoms with Gasteiger partial charge in [0.05, 0.1) is 5.69 Å². The largest absolute Gasteiger partial charge is 0.293 e. The van der Waals surface area contributed by atoms with Crippen molar-refractivity contribution in [1.82, 2.24) is 19.8 Å². The summed E-state index contributed by atoms with van der Waals surface area (Å²) in [4.78, 5) is 0. The van der Waals surface area contributed by atoms with E-state index in [4.69, 9.17) is 23.2 Å². The minimum absolute atomic E-state index is 0.300. The Bertz CT molecular complexity index is 840. The Kier molecular flexibility index (Phi) is 4.63. The van der Waals surface area contributed by atoms with Gasteiger partial charge in [0.15, 0.2) is 11.5 Å². The van der Waals surface area contributed by atoms with Crippen LogP contribution in [0.25, 0.3) is 17.0 Å². The van der Waals surface area contributed by atoms with E-state index in [1.54, 1.807) is 0 Å². The minimum atomic E-state index is 0.300. The maximum Gasteiger partial charge on any atom is 0.196 e. The van der Waals surface area contributed by atoms with Crippen LogP contribution in [-0.2, 0) is 6.42 Å². The molecule has 0 amide bonds. The van der Waals surface area contributed by atoms with Crippen LogP contribution in [0.3, 0.4) is 0 Å². The monoisotopic (exact) mass is 364 g/mol. The number of nitrogens with one attached hydrogen (secondary N) is 1. The van der Waals surface area contributed by atoms with Gasteiger partial charge in [-0.25, -0.2) is 4.52 Å². The second kappa shape index (κ2) is 6.41. The molecule has 0 aliphatic heterocycles. The molecule has 4 nitrogen and oxygen atoms in total. The Morgan fingerprint density at radius 3 is 2.42 bits per heavy atom. The Morgan fingerprint density at radius 2 is 1.79 bits per heavy atom. The van der Waals surface area contributed by atoms with Crippen LogP contribution in [0.5, 0.6) is 0 Å². The fourth-order valence-electron chi connectivity index (χ4n) is 3.24. The summed E-state index contributed by atoms with van der Waals surface area (Å²) in [5.74, 6) is 1.26. The molecule has 1 N–H and O–H groups in total. The number of hydrogen-bond donors (Lipinski definition) is 1. The third-order valence-corrected chi connectivity index (χ3v) is 4.64. The van der Waals surface area contributed by atoms with Crippen molar-refractivity contribution in [3.8, 4) is 11.4 Å². The average molecular weight is 365 g/mol. The molecule has 1 aromatic carbocycles. The quantitative estimate of drug-likeness (QED) is 0.650. The van der Waals surface area contributed by atoms with E-state index in [0.717, 1.165) is 29.9 Å². The first-order chi connectivity index (χ1) is 11.2. The first kappa shape index (κ1) is 17.3. The number of halogens is 2. The fraction of sp³-hybridized carbons (Fsp3) is 0.444. The summed E-state index contributed by atoms with van der Waals surface area (Å²) in [7, 11) is 0. The van der Waals surface area contributed by atoms with Crippen molar-refractivity contribution in [2.75, 3.05) is 0 Å². The van der Waals surface area contributed by atoms with Crippen LogP contribution in [-0.4, -0.2) is 19.8 Å². The first-order valence-electron chi connectivity index (χ1n) is 8.12. The van der Waals surface area contributed by atoms with E-state index >= 15 is 0 Å². The molecule has 0 aliphatic rings. The molecule has 2 aromatic heterocycles. The van der Waals surface area contributed by atoms with Gasteiger partial charge in [-0.2, -0.15) is 0 Å². The summed E-state index contributed by atoms with van der Waals surface area (Å²) in [6, 6.07) is 7.54. The molecule has 6 heteroatoms. The summed E-state index contributed by atoms with van der Waals surface area (Å²) in [5.41, 5.74) is 2.92. The number of nitrogens with zero attached hydrogens (tertiary/aromatic N) is 3. The molecule has 1 atom stereocenters. The molecule has 0 aliphatic carbocycles. The number of hydrogen-bond acceptors (Lipinski definition) is 2. The Labute approximate surface area is 152 Å². The summed E-state index contributed by atoms with van der Waals surface area (Å²) in [5, 5.41) is 13.2. The molecular formula is C18H22Cl2N4. The van der Waals surface area contributed by atoms with Gasteiger partial charge in [-0.3, -0.25) is 5.10 Å². The molecule has 0 bridgehead atoms. The van der Waals surface area contributed by atoms with Gasteiger partial charge < -0.3 is 0 Å². The van der Waals surface area contributed by atoms with E-state index in [9.17, 15) is 0 Å². The molecule has 3 aromatic rings. The van der Waals surface area contributed by atoms with Gasteiger partial charge in [0.1, 0.15) is 5.02 Å². The lowest BCUT2D eigenvalue weighted by Crippen LogP contribution is -2.13. The van der Waals surface area contributed by atoms with E-state index in [-0.39, 0.29) is 0 Å². The average Bonchev–Trinajstić information content (AvgIpc) is 3.00. The van der Waals surface area contributed by atoms with Crippen LogP contribution in [0, 0.1) is 11.3 Å². The summed E-state index contributed by atoms with van der Waals surface area (Å²) >= 11 is 12.5. The van der Waals surface area contributed by atoms with Gasteiger partial charge in [-0.1, -0.05) is 50.9 Å². The molecule has 1 unspecified atom stereocenters. The lowest BCUT2D eigenvalue weighted by atomic mass is 9.84. The van der Waals surface area contributed by atoms with Gasteiger partial charge in [-0.15, -0.1) is 10.2 Å². The highest BCUT2D eigenvalue weighted by molar-refractivity contribution is 6.34. The standard InChI is InChI=1S/C18H22Cl2N4/c1-11(10-18(2,3)4)9-14-15(20)17-22-21-16(24(17)23-14)12-5-7-13(19)8-6-12/h5-8,11,23H,9-10H2,1-4H3. The van der Waals surface area contributed by atoms with Gasteiger partial charge in [0.2, 0.25) is 0 Å². The number of benzene rings is 1. The van der Waals surface area contributed by atoms with E-state index in [1.807, 2.05) is 28.8 Å². The molecule has 3 rings (SSSR count). The van der Waals surface area contributed by atoms with Gasteiger partial charge >= 0.3 is 0 Å². The number of fused-ring (bicyclic) bond motifs is 1. The van der Waals surface area contributed by atoms with Gasteiger partial charge in [-0.05, 0) is 48.4 Å². The minimum Gasteiger partial charge on any atom is -0.293 e. The van der Waals surface area contributed by atoms with Crippen molar-refractivity contribution >= 4 is 28.8 Å². The molecule has 2 heterocycles. The maximum absolute atomic E-state index is 6.52. The Morgan fingerprint density at radius 1 is 1.12 bits per heavy atom. The fourth-order valence-corrected chi connectivity index (χ4v) is 3.61. The van der Waals surface area contributed by atoms with E-state index in [0.29, 0.717) is 27.0 Å². The molecule has 24 heavy (non-hydrogen) atoms. The van der Waals surface area contributed by atoms with E-state index in [1.165, 1.54) is 0 Å². The number of rotatable bonds is 4. The third kappa shape index (κ3) is 3.60. The molecule has 0 fully saturated rings. The SMILES string of the molecule is CC(Cc1[nH]n2c(-c3ccc(Cl)cc3)nnc2c1Cl)CC(C)(C)C. The van der Waals surface area contributed by atoms with Crippen LogP contribution >= 0.6 is 23.2 Å². The molecule has 0 saturated carbocycles. The van der Waals surface area contributed by atoms with Crippen molar-refractivity contribution in [1.29, 1.82) is 0 Å². The molecule has 0 spiro atoms. The maximum atomic E-state index is 6.52. The summed E-state index contributed by atoms with van der Waals surface area (Å²) in [6.07, 6.45) is 2.02. The zero-order valence-corrected chi connectivity index (χ0v) is 15.9. The van der Waals surface area contributed by atoms with Crippen LogP contribution in [0.1, 0.15) is 39.8 Å². The van der Waals surface area contributed by atoms with Crippen LogP contribution in [0.15, 0.2) is 24.3 Å². The highest BCUT2D eigenvalue weighted by Gasteiger charge is 2.21. The number of aromatic nitrogens is 4. The van der Waals surface area contributed by atoms with Crippen molar-refractivity contribution < 1.29 is 0 Å². The van der Waals surface area contributed by atoms with E-state index in [2.05, 4.69) is 43.0 Å². The van der Waals surface area contributed by atoms with Gasteiger partial charge in [0, 0.05) is 10.6 Å². The Balaban J connectivity index is 1.92. The summed E-state index contributed by atoms with van der Waals surface area (Å²) < 4.78 is 1.85. The summed E-state index contributed by atoms with van der Waals surface area (Å²) in [6.45, 7) is 9.03. The topological polar surface area (TPSA) is 46.0 Å². The molecular weight excluding hydrogens is 343 g/mol. The van der Waals surface area contributed by atoms with Gasteiger partial charge in [0.25, 0.3) is 0 Å². The predicted octanol–water partition coefficient (Wildman–Crippen LogP) is 5.65. The van der Waals surface area contributed by atoms with Crippen molar-refractivity contribution in [2.24, 2.45) is 11.3 Å². The van der Waals surface area contributed by atoms with Crippen LogP contribution < -0.4 is 0 Å². The van der Waals surface area contributed by atoms with Crippen LogP contribution in [0.2, 0.25) is 10.0 Å². The van der Waals surface area contributed by atoms with Crippen molar-refractivity contribution in [3.05, 3.63) is 40.0 Å². The zero-order valence-electron chi connectivity index (χ0n) is 14.4. The lowest BCUT2D eigenvalue weighted by Gasteiger charge is -2.22. The molecule has 128 valence electrons. The number of H-pyrrole nitrogens is 1. The highest BCUT2D eigenvalue weighted by atomic mass is 35.5. The Hall–Kier alpha value is -1.52. The molecule has 0 saturated heterocycles. The zero-order chi connectivity index (χ0) is 17.5. The third-order valence-electron chi connectivity index (χ3n) is 3.99. The van der Waals surface area contributed by atoms with Crippen LogP contribution in [0.4, 0.5) is 0 Å². The lowest BCUT2D eigenvalue weighted by molar-refractivity contribution is 0.305.